The van der Waals surface area contributed by atoms with Crippen molar-refractivity contribution in [2.24, 2.45) is 23.2 Å². The zero-order valence-electron chi connectivity index (χ0n) is 18.2. The molecule has 5 fully saturated rings. The van der Waals surface area contributed by atoms with Gasteiger partial charge in [-0.3, -0.25) is 10.2 Å². The largest absolute Gasteiger partial charge is 0.316 e. The van der Waals surface area contributed by atoms with Crippen molar-refractivity contribution in [3.63, 3.8) is 0 Å². The van der Waals surface area contributed by atoms with Crippen molar-refractivity contribution >= 4 is 0 Å². The number of hydrogen-bond acceptors (Lipinski definition) is 5. The van der Waals surface area contributed by atoms with Gasteiger partial charge in [0.05, 0.1) is 0 Å². The van der Waals surface area contributed by atoms with E-state index in [1.165, 1.54) is 77.7 Å². The Morgan fingerprint density at radius 1 is 0.857 bits per heavy atom. The molecular weight excluding hydrogens is 346 g/mol. The normalized spacial score (nSPS) is 44.6. The molecule has 4 N–H and O–H groups in total. The summed E-state index contributed by atoms with van der Waals surface area (Å²) in [7, 11) is 0. The quantitative estimate of drug-likeness (QED) is 0.558. The van der Waals surface area contributed by atoms with Crippen LogP contribution in [0.1, 0.15) is 58.8 Å². The first-order valence-electron chi connectivity index (χ1n) is 12.4. The number of hydrogen-bond donors (Lipinski definition) is 4. The third-order valence-corrected chi connectivity index (χ3v) is 9.28. The zero-order chi connectivity index (χ0) is 19.1. The van der Waals surface area contributed by atoms with E-state index in [0.717, 1.165) is 36.5 Å². The zero-order valence-corrected chi connectivity index (χ0v) is 18.2. The van der Waals surface area contributed by atoms with Crippen molar-refractivity contribution in [1.29, 1.82) is 0 Å². The first kappa shape index (κ1) is 19.7. The molecule has 0 saturated carbocycles. The predicted molar refractivity (Wildman–Crippen MR) is 115 cm³/mol. The summed E-state index contributed by atoms with van der Waals surface area (Å²) in [5, 5.41) is 15.5. The number of nitrogens with one attached hydrogen (secondary N) is 4. The molecule has 7 atom stereocenters. The van der Waals surface area contributed by atoms with Gasteiger partial charge in [0.2, 0.25) is 0 Å². The molecule has 5 nitrogen and oxygen atoms in total. The number of rotatable bonds is 6. The van der Waals surface area contributed by atoms with Crippen molar-refractivity contribution in [3.8, 4) is 0 Å². The van der Waals surface area contributed by atoms with Crippen LogP contribution in [0.25, 0.3) is 0 Å². The molecule has 160 valence electrons. The second-order valence-electron chi connectivity index (χ2n) is 10.4. The van der Waals surface area contributed by atoms with Gasteiger partial charge in [-0.2, -0.15) is 0 Å². The lowest BCUT2D eigenvalue weighted by Crippen LogP contribution is -2.77. The Kier molecular flexibility index (Phi) is 5.74. The van der Waals surface area contributed by atoms with Gasteiger partial charge in [-0.1, -0.05) is 39.5 Å². The van der Waals surface area contributed by atoms with Crippen LogP contribution < -0.4 is 21.3 Å². The molecule has 0 aromatic rings. The van der Waals surface area contributed by atoms with Crippen LogP contribution in [0.2, 0.25) is 0 Å². The molecule has 0 radical (unpaired) electrons. The minimum absolute atomic E-state index is 0.479. The molecule has 5 aliphatic heterocycles. The maximum absolute atomic E-state index is 4.04. The van der Waals surface area contributed by atoms with E-state index in [2.05, 4.69) is 40.0 Å². The third kappa shape index (κ3) is 2.91. The first-order valence-corrected chi connectivity index (χ1v) is 12.4. The molecule has 0 spiro atoms. The second kappa shape index (κ2) is 8.14. The van der Waals surface area contributed by atoms with Gasteiger partial charge in [0.15, 0.2) is 0 Å². The number of fused-ring (bicyclic) bond motifs is 5. The second-order valence-corrected chi connectivity index (χ2v) is 10.4. The molecule has 5 heterocycles. The topological polar surface area (TPSA) is 51.4 Å². The summed E-state index contributed by atoms with van der Waals surface area (Å²) >= 11 is 0. The van der Waals surface area contributed by atoms with Crippen LogP contribution in [0, 0.1) is 23.2 Å². The average molecular weight is 390 g/mol. The van der Waals surface area contributed by atoms with Gasteiger partial charge < -0.3 is 16.0 Å². The summed E-state index contributed by atoms with van der Waals surface area (Å²) in [5.41, 5.74) is 0.479. The standard InChI is InChI=1S/C23H43N5/c1-3-5-8-23(9-6-4-2)18-13-25-12-17-16-11-24-10-7-19(16)28(21(17)18)20-14-26-15-27-22(20)23/h16-22,24-27H,3-15H2,1-2H3. The van der Waals surface area contributed by atoms with Gasteiger partial charge in [-0.15, -0.1) is 0 Å². The van der Waals surface area contributed by atoms with E-state index in [-0.39, 0.29) is 0 Å². The van der Waals surface area contributed by atoms with Gasteiger partial charge >= 0.3 is 0 Å². The number of piperidine rings is 3. The highest BCUT2D eigenvalue weighted by atomic mass is 15.4. The average Bonchev–Trinajstić information content (AvgIpc) is 3.09. The monoisotopic (exact) mass is 389 g/mol. The van der Waals surface area contributed by atoms with Crippen molar-refractivity contribution < 1.29 is 0 Å². The lowest BCUT2D eigenvalue weighted by Gasteiger charge is -2.63. The summed E-state index contributed by atoms with van der Waals surface area (Å²) in [6.07, 6.45) is 9.65. The number of unbranched alkanes of at least 4 members (excludes halogenated alkanes) is 2. The molecule has 0 aliphatic carbocycles. The van der Waals surface area contributed by atoms with Gasteiger partial charge in [0.25, 0.3) is 0 Å². The minimum Gasteiger partial charge on any atom is -0.316 e. The fraction of sp³-hybridized carbons (Fsp3) is 1.00. The van der Waals surface area contributed by atoms with Crippen molar-refractivity contribution in [1.82, 2.24) is 26.2 Å². The van der Waals surface area contributed by atoms with Gasteiger partial charge in [-0.25, -0.2) is 0 Å². The van der Waals surface area contributed by atoms with Crippen molar-refractivity contribution in [2.45, 2.75) is 83.0 Å². The molecule has 0 aromatic carbocycles. The minimum atomic E-state index is 0.479. The van der Waals surface area contributed by atoms with Crippen LogP contribution in [0.5, 0.6) is 0 Å². The smallest absolute Gasteiger partial charge is 0.0457 e. The molecule has 5 aliphatic rings. The molecule has 5 rings (SSSR count). The Balaban J connectivity index is 1.57. The molecule has 5 saturated heterocycles. The SMILES string of the molecule is CCCCC1(CCCC)C2CNCC3C4CNCCC4N(C4CNCNC41)C32. The van der Waals surface area contributed by atoms with Crippen LogP contribution in [0.15, 0.2) is 0 Å². The summed E-state index contributed by atoms with van der Waals surface area (Å²) < 4.78 is 0. The lowest BCUT2D eigenvalue weighted by molar-refractivity contribution is -0.116. The Morgan fingerprint density at radius 3 is 2.43 bits per heavy atom. The van der Waals surface area contributed by atoms with E-state index in [0.29, 0.717) is 17.5 Å². The highest BCUT2D eigenvalue weighted by Crippen LogP contribution is 2.57. The van der Waals surface area contributed by atoms with E-state index in [9.17, 15) is 0 Å². The Labute approximate surface area is 172 Å². The summed E-state index contributed by atoms with van der Waals surface area (Å²) in [5.74, 6) is 2.52. The molecular formula is C23H43N5. The highest BCUT2D eigenvalue weighted by Gasteiger charge is 2.65. The highest BCUT2D eigenvalue weighted by molar-refractivity contribution is 5.20. The van der Waals surface area contributed by atoms with E-state index in [1.807, 2.05) is 0 Å². The van der Waals surface area contributed by atoms with Crippen LogP contribution in [-0.4, -0.2) is 68.5 Å². The van der Waals surface area contributed by atoms with Gasteiger partial charge in [0.1, 0.15) is 0 Å². The van der Waals surface area contributed by atoms with E-state index >= 15 is 0 Å². The Bertz CT molecular complexity index is 531. The molecule has 5 heteroatoms. The molecule has 0 aromatic heterocycles. The summed E-state index contributed by atoms with van der Waals surface area (Å²) in [6, 6.07) is 2.98. The maximum Gasteiger partial charge on any atom is 0.0457 e. The first-order chi connectivity index (χ1) is 13.8. The van der Waals surface area contributed by atoms with Crippen LogP contribution >= 0.6 is 0 Å². The fourth-order valence-electron chi connectivity index (χ4n) is 8.26. The Morgan fingerprint density at radius 2 is 1.64 bits per heavy atom. The fourth-order valence-corrected chi connectivity index (χ4v) is 8.26. The molecule has 0 bridgehead atoms. The van der Waals surface area contributed by atoms with E-state index in [1.54, 1.807) is 0 Å². The van der Waals surface area contributed by atoms with Gasteiger partial charge in [-0.05, 0) is 62.1 Å². The predicted octanol–water partition coefficient (Wildman–Crippen LogP) is 1.75. The Hall–Kier alpha value is -0.200. The van der Waals surface area contributed by atoms with Crippen molar-refractivity contribution in [3.05, 3.63) is 0 Å². The molecule has 0 amide bonds. The van der Waals surface area contributed by atoms with Gasteiger partial charge in [0, 0.05) is 43.9 Å². The van der Waals surface area contributed by atoms with E-state index < -0.39 is 0 Å². The maximum atomic E-state index is 4.04. The van der Waals surface area contributed by atoms with Crippen LogP contribution in [0.4, 0.5) is 0 Å². The molecule has 28 heavy (non-hydrogen) atoms. The van der Waals surface area contributed by atoms with Crippen LogP contribution in [0.3, 0.4) is 0 Å². The molecule has 7 unspecified atom stereocenters. The van der Waals surface area contributed by atoms with E-state index in [4.69, 9.17) is 0 Å². The van der Waals surface area contributed by atoms with Crippen molar-refractivity contribution in [2.75, 3.05) is 39.4 Å². The summed E-state index contributed by atoms with van der Waals surface area (Å²) in [4.78, 5) is 3.08. The lowest BCUT2D eigenvalue weighted by atomic mass is 9.55. The third-order valence-electron chi connectivity index (χ3n) is 9.28. The number of nitrogens with zero attached hydrogens (tertiary/aromatic N) is 1. The summed E-state index contributed by atoms with van der Waals surface area (Å²) in [6.45, 7) is 11.9. The van der Waals surface area contributed by atoms with Crippen LogP contribution in [-0.2, 0) is 0 Å².